The second-order valence-electron chi connectivity index (χ2n) is 1.52. The Labute approximate surface area is 49.9 Å². The fraction of sp³-hybridized carbons (Fsp3) is 1.00. The van der Waals surface area contributed by atoms with E-state index in [1.165, 1.54) is 0 Å². The summed E-state index contributed by atoms with van der Waals surface area (Å²) in [4.78, 5) is 1.14. The van der Waals surface area contributed by atoms with Crippen molar-refractivity contribution in [2.24, 2.45) is 0 Å². The fourth-order valence-corrected chi connectivity index (χ4v) is 8.94. The maximum absolute atomic E-state index is 2.38. The van der Waals surface area contributed by atoms with Crippen LogP contribution in [-0.4, -0.2) is 26.3 Å². The van der Waals surface area contributed by atoms with Crippen LogP contribution in [0.15, 0.2) is 0 Å². The molecule has 0 amide bonds. The van der Waals surface area contributed by atoms with Gasteiger partial charge in [0.1, 0.15) is 0 Å². The summed E-state index contributed by atoms with van der Waals surface area (Å²) < 4.78 is 0. The molecule has 1 atom stereocenters. The summed E-state index contributed by atoms with van der Waals surface area (Å²) in [7, 11) is 0. The van der Waals surface area contributed by atoms with Crippen molar-refractivity contribution in [3.63, 3.8) is 0 Å². The molecule has 0 aromatic rings. The van der Waals surface area contributed by atoms with Crippen molar-refractivity contribution in [1.82, 2.24) is 0 Å². The molecule has 0 N–H and O–H groups in total. The van der Waals surface area contributed by atoms with Crippen LogP contribution in [0.5, 0.6) is 0 Å². The van der Waals surface area contributed by atoms with Crippen LogP contribution in [0.2, 0.25) is 10.1 Å². The minimum atomic E-state index is 1.09. The first-order chi connectivity index (χ1) is 2.89. The first-order valence-electron chi connectivity index (χ1n) is 2.18. The summed E-state index contributed by atoms with van der Waals surface area (Å²) in [6.07, 6.45) is 1.54. The number of rotatable bonds is 0. The first kappa shape index (κ1) is 5.18. The molecule has 0 spiro atoms. The van der Waals surface area contributed by atoms with Crippen molar-refractivity contribution in [1.29, 1.82) is 0 Å². The van der Waals surface area contributed by atoms with E-state index in [2.05, 4.69) is 6.92 Å². The molecule has 2 heteroatoms. The van der Waals surface area contributed by atoms with E-state index < -0.39 is 0 Å². The molecule has 0 aromatic heterocycles. The zero-order valence-corrected chi connectivity index (χ0v) is 7.23. The summed E-state index contributed by atoms with van der Waals surface area (Å²) in [5.74, 6) is 0. The van der Waals surface area contributed by atoms with Crippen LogP contribution in [0.4, 0.5) is 0 Å². The Morgan fingerprint density at radius 1 is 1.67 bits per heavy atom. The van der Waals surface area contributed by atoms with E-state index in [1.54, 1.807) is 11.7 Å². The van der Waals surface area contributed by atoms with Crippen LogP contribution in [0, 0.1) is 0 Å². The van der Waals surface area contributed by atoms with Gasteiger partial charge in [0.15, 0.2) is 0 Å². The zero-order chi connectivity index (χ0) is 4.41. The van der Waals surface area contributed by atoms with Gasteiger partial charge >= 0.3 is 49.7 Å². The molecule has 0 nitrogen and oxygen atoms in total. The monoisotopic (exact) mass is 216 g/mol. The molecule has 1 aliphatic heterocycles. The van der Waals surface area contributed by atoms with Gasteiger partial charge in [-0.15, -0.1) is 0 Å². The Morgan fingerprint density at radius 2 is 2.50 bits per heavy atom. The summed E-state index contributed by atoms with van der Waals surface area (Å²) in [5.41, 5.74) is 0. The Balaban J connectivity index is 2.18. The minimum absolute atomic E-state index is 1.09. The Hall–Kier alpha value is 1.04. The van der Waals surface area contributed by atoms with E-state index in [4.69, 9.17) is 0 Å². The van der Waals surface area contributed by atoms with Crippen molar-refractivity contribution >= 4 is 26.3 Å². The van der Waals surface area contributed by atoms with Gasteiger partial charge in [0.05, 0.1) is 0 Å². The normalized spacial score (nSPS) is 34.5. The van der Waals surface area contributed by atoms with Gasteiger partial charge in [0.25, 0.3) is 0 Å². The van der Waals surface area contributed by atoms with Crippen molar-refractivity contribution in [3.8, 4) is 0 Å². The predicted molar refractivity (Wildman–Crippen MR) is 30.4 cm³/mol. The SMILES string of the molecule is CC1CC[Se][Se]1. The molecular weight excluding hydrogens is 206 g/mol. The van der Waals surface area contributed by atoms with Gasteiger partial charge in [-0.3, -0.25) is 0 Å². The van der Waals surface area contributed by atoms with E-state index in [-0.39, 0.29) is 0 Å². The van der Waals surface area contributed by atoms with Gasteiger partial charge in [0, 0.05) is 0 Å². The average Bonchev–Trinajstić information content (AvgIpc) is 1.86. The summed E-state index contributed by atoms with van der Waals surface area (Å²) >= 11 is 2.19. The standard InChI is InChI=1S/C4H8Se2/c1-4-2-3-5-6-4/h4H,2-3H2,1H3. The Kier molecular flexibility index (Phi) is 2.05. The van der Waals surface area contributed by atoms with Crippen LogP contribution in [0.25, 0.3) is 0 Å². The summed E-state index contributed by atoms with van der Waals surface area (Å²) in [6, 6.07) is 0. The third-order valence-corrected chi connectivity index (χ3v) is 10.0. The molecule has 0 saturated carbocycles. The van der Waals surface area contributed by atoms with Gasteiger partial charge in [0.2, 0.25) is 0 Å². The third-order valence-electron chi connectivity index (χ3n) is 0.840. The number of hydrogen-bond donors (Lipinski definition) is 0. The van der Waals surface area contributed by atoms with Gasteiger partial charge < -0.3 is 0 Å². The van der Waals surface area contributed by atoms with E-state index in [1.807, 2.05) is 0 Å². The average molecular weight is 214 g/mol. The molecule has 0 aromatic carbocycles. The molecular formula is C4H8Se2. The molecule has 6 heavy (non-hydrogen) atoms. The Bertz CT molecular complexity index is 38.8. The summed E-state index contributed by atoms with van der Waals surface area (Å²) in [6.45, 7) is 2.38. The second kappa shape index (κ2) is 2.37. The van der Waals surface area contributed by atoms with Crippen LogP contribution >= 0.6 is 0 Å². The molecule has 1 heterocycles. The maximum atomic E-state index is 2.38. The fourth-order valence-electron chi connectivity index (χ4n) is 0.426. The van der Waals surface area contributed by atoms with Gasteiger partial charge in [-0.25, -0.2) is 0 Å². The van der Waals surface area contributed by atoms with Crippen LogP contribution < -0.4 is 0 Å². The van der Waals surface area contributed by atoms with Gasteiger partial charge in [-0.05, 0) is 0 Å². The molecule has 1 saturated heterocycles. The van der Waals surface area contributed by atoms with Gasteiger partial charge in [-0.2, -0.15) is 0 Å². The van der Waals surface area contributed by atoms with E-state index in [0.29, 0.717) is 0 Å². The topological polar surface area (TPSA) is 0 Å². The molecule has 1 aliphatic rings. The molecule has 0 aliphatic carbocycles. The number of hydrogen-bond acceptors (Lipinski definition) is 0. The molecule has 36 valence electrons. The van der Waals surface area contributed by atoms with Crippen LogP contribution in [0.1, 0.15) is 13.3 Å². The van der Waals surface area contributed by atoms with Crippen molar-refractivity contribution in [2.75, 3.05) is 0 Å². The van der Waals surface area contributed by atoms with Crippen LogP contribution in [-0.2, 0) is 0 Å². The molecule has 0 bridgehead atoms. The van der Waals surface area contributed by atoms with Crippen LogP contribution in [0.3, 0.4) is 0 Å². The third kappa shape index (κ3) is 1.27. The first-order valence-corrected chi connectivity index (χ1v) is 8.71. The van der Waals surface area contributed by atoms with Crippen molar-refractivity contribution in [3.05, 3.63) is 0 Å². The second-order valence-corrected chi connectivity index (χ2v) is 9.63. The van der Waals surface area contributed by atoms with Gasteiger partial charge in [-0.1, -0.05) is 0 Å². The molecule has 1 rings (SSSR count). The predicted octanol–water partition coefficient (Wildman–Crippen LogP) is 0.940. The molecule has 1 fully saturated rings. The summed E-state index contributed by atoms with van der Waals surface area (Å²) in [5, 5.41) is 1.58. The zero-order valence-electron chi connectivity index (χ0n) is 3.81. The van der Waals surface area contributed by atoms with E-state index in [9.17, 15) is 0 Å². The van der Waals surface area contributed by atoms with E-state index >= 15 is 0 Å². The van der Waals surface area contributed by atoms with Crippen molar-refractivity contribution in [2.45, 2.75) is 23.5 Å². The van der Waals surface area contributed by atoms with E-state index in [0.717, 1.165) is 31.1 Å². The molecule has 0 radical (unpaired) electrons. The molecule has 1 unspecified atom stereocenters. The Morgan fingerprint density at radius 3 is 2.67 bits per heavy atom. The quantitative estimate of drug-likeness (QED) is 0.526. The van der Waals surface area contributed by atoms with Crippen molar-refractivity contribution < 1.29 is 0 Å².